The van der Waals surface area contributed by atoms with Crippen LogP contribution in [0.2, 0.25) is 0 Å². The van der Waals surface area contributed by atoms with E-state index < -0.39 is 5.60 Å². The molecule has 0 bridgehead atoms. The van der Waals surface area contributed by atoms with Crippen molar-refractivity contribution in [3.63, 3.8) is 0 Å². The highest BCUT2D eigenvalue weighted by Gasteiger charge is 2.34. The molecule has 0 aromatic rings. The van der Waals surface area contributed by atoms with E-state index in [1.54, 1.807) is 0 Å². The van der Waals surface area contributed by atoms with Crippen LogP contribution in [0.4, 0.5) is 0 Å². The molecule has 2 fully saturated rings. The van der Waals surface area contributed by atoms with Crippen molar-refractivity contribution >= 4 is 5.91 Å². The first-order valence-electron chi connectivity index (χ1n) is 7.38. The third-order valence-electron chi connectivity index (χ3n) is 4.46. The Hall–Kier alpha value is -0.650. The van der Waals surface area contributed by atoms with Gasteiger partial charge in [-0.2, -0.15) is 0 Å². The van der Waals surface area contributed by atoms with Gasteiger partial charge in [0.05, 0.1) is 11.7 Å². The maximum Gasteiger partial charge on any atom is 0.249 e. The monoisotopic (exact) mass is 270 g/mol. The number of aliphatic hydroxyl groups is 1. The third-order valence-corrected chi connectivity index (χ3v) is 4.46. The number of carbonyl (C=O) groups is 1. The van der Waals surface area contributed by atoms with Crippen molar-refractivity contribution in [2.75, 3.05) is 13.1 Å². The number of nitrogens with one attached hydrogen (secondary N) is 1. The summed E-state index contributed by atoms with van der Waals surface area (Å²) in [5.41, 5.74) is 4.80. The molecule has 1 aliphatic carbocycles. The zero-order valence-electron chi connectivity index (χ0n) is 11.7. The number of hydrogen-bond donors (Lipinski definition) is 3. The molecule has 0 radical (unpaired) electrons. The molecule has 5 heteroatoms. The van der Waals surface area contributed by atoms with Gasteiger partial charge in [-0.15, -0.1) is 0 Å². The molecule has 1 amide bonds. The summed E-state index contributed by atoms with van der Waals surface area (Å²) in [7, 11) is 0. The van der Waals surface area contributed by atoms with Crippen molar-refractivity contribution in [1.82, 2.24) is 5.32 Å². The van der Waals surface area contributed by atoms with Gasteiger partial charge in [0, 0.05) is 13.1 Å². The first-order valence-corrected chi connectivity index (χ1v) is 7.38. The fourth-order valence-electron chi connectivity index (χ4n) is 2.91. The van der Waals surface area contributed by atoms with Crippen LogP contribution in [0.15, 0.2) is 0 Å². The molecule has 1 saturated heterocycles. The van der Waals surface area contributed by atoms with Crippen LogP contribution in [0.5, 0.6) is 0 Å². The van der Waals surface area contributed by atoms with Gasteiger partial charge in [-0.1, -0.05) is 6.92 Å². The van der Waals surface area contributed by atoms with Crippen molar-refractivity contribution in [1.29, 1.82) is 0 Å². The maximum atomic E-state index is 12.0. The van der Waals surface area contributed by atoms with E-state index in [0.717, 1.165) is 38.5 Å². The number of carbonyl (C=O) groups excluding carboxylic acids is 1. The highest BCUT2D eigenvalue weighted by atomic mass is 16.5. The molecule has 5 nitrogen and oxygen atoms in total. The molecular weight excluding hydrogens is 244 g/mol. The number of hydrogen-bond acceptors (Lipinski definition) is 4. The summed E-state index contributed by atoms with van der Waals surface area (Å²) in [6.07, 6.45) is 4.79. The van der Waals surface area contributed by atoms with Crippen LogP contribution < -0.4 is 11.1 Å². The average molecular weight is 270 g/mol. The first-order chi connectivity index (χ1) is 9.02. The molecule has 0 spiro atoms. The largest absolute Gasteiger partial charge is 0.388 e. The minimum Gasteiger partial charge on any atom is -0.388 e. The Kier molecular flexibility index (Phi) is 4.81. The highest BCUT2D eigenvalue weighted by Crippen LogP contribution is 2.31. The predicted octanol–water partition coefficient (Wildman–Crippen LogP) is 0.550. The summed E-state index contributed by atoms with van der Waals surface area (Å²) < 4.78 is 5.54. The topological polar surface area (TPSA) is 84.6 Å². The van der Waals surface area contributed by atoms with E-state index in [1.165, 1.54) is 0 Å². The smallest absolute Gasteiger partial charge is 0.249 e. The van der Waals surface area contributed by atoms with E-state index in [4.69, 9.17) is 10.5 Å². The minimum absolute atomic E-state index is 0.00867. The third kappa shape index (κ3) is 3.91. The van der Waals surface area contributed by atoms with E-state index in [1.807, 2.05) is 0 Å². The van der Waals surface area contributed by atoms with Crippen LogP contribution in [-0.2, 0) is 9.53 Å². The number of nitrogens with two attached hydrogens (primary N) is 1. The Bertz CT molecular complexity index is 314. The van der Waals surface area contributed by atoms with E-state index in [-0.39, 0.29) is 18.1 Å². The van der Waals surface area contributed by atoms with Crippen molar-refractivity contribution in [3.05, 3.63) is 0 Å². The molecule has 2 rings (SSSR count). The van der Waals surface area contributed by atoms with Crippen LogP contribution >= 0.6 is 0 Å². The lowest BCUT2D eigenvalue weighted by atomic mass is 9.79. The minimum atomic E-state index is -0.728. The molecule has 2 atom stereocenters. The Morgan fingerprint density at radius 3 is 2.63 bits per heavy atom. The molecule has 110 valence electrons. The molecule has 4 N–H and O–H groups in total. The van der Waals surface area contributed by atoms with Gasteiger partial charge in [0.1, 0.15) is 6.10 Å². The highest BCUT2D eigenvalue weighted by molar-refractivity contribution is 5.81. The Morgan fingerprint density at radius 1 is 1.37 bits per heavy atom. The van der Waals surface area contributed by atoms with Gasteiger partial charge >= 0.3 is 0 Å². The molecule has 1 saturated carbocycles. The quantitative estimate of drug-likeness (QED) is 0.696. The van der Waals surface area contributed by atoms with Crippen LogP contribution in [0.3, 0.4) is 0 Å². The maximum absolute atomic E-state index is 12.0. The number of ether oxygens (including phenoxy) is 1. The Balaban J connectivity index is 1.74. The van der Waals surface area contributed by atoms with E-state index in [2.05, 4.69) is 12.2 Å². The summed E-state index contributed by atoms with van der Waals surface area (Å²) >= 11 is 0. The van der Waals surface area contributed by atoms with Crippen molar-refractivity contribution in [3.8, 4) is 0 Å². The van der Waals surface area contributed by atoms with E-state index in [0.29, 0.717) is 19.0 Å². The normalized spacial score (nSPS) is 39.2. The van der Waals surface area contributed by atoms with Crippen LogP contribution in [0, 0.1) is 5.92 Å². The zero-order chi connectivity index (χ0) is 13.9. The van der Waals surface area contributed by atoms with Gasteiger partial charge in [0.25, 0.3) is 0 Å². The van der Waals surface area contributed by atoms with Crippen molar-refractivity contribution in [2.45, 2.75) is 63.3 Å². The summed E-state index contributed by atoms with van der Waals surface area (Å²) in [6.45, 7) is 3.01. The summed E-state index contributed by atoms with van der Waals surface area (Å²) in [4.78, 5) is 12.0. The SMILES string of the molecule is CC1CCC(O)(CNC(=O)C2CCC(CN)O2)CC1. The molecule has 0 aromatic carbocycles. The fourth-order valence-corrected chi connectivity index (χ4v) is 2.91. The number of rotatable bonds is 4. The average Bonchev–Trinajstić information content (AvgIpc) is 2.89. The second kappa shape index (κ2) is 6.20. The fraction of sp³-hybridized carbons (Fsp3) is 0.929. The lowest BCUT2D eigenvalue weighted by molar-refractivity contribution is -0.133. The Labute approximate surface area is 114 Å². The second-order valence-corrected chi connectivity index (χ2v) is 6.18. The molecule has 1 heterocycles. The summed E-state index contributed by atoms with van der Waals surface area (Å²) in [5.74, 6) is 0.572. The first kappa shape index (κ1) is 14.8. The van der Waals surface area contributed by atoms with Crippen LogP contribution in [0.1, 0.15) is 45.4 Å². The molecule has 1 aliphatic heterocycles. The molecule has 0 aromatic heterocycles. The van der Waals surface area contributed by atoms with Crippen LogP contribution in [-0.4, -0.2) is 41.9 Å². The van der Waals surface area contributed by atoms with Crippen molar-refractivity contribution < 1.29 is 14.6 Å². The Morgan fingerprint density at radius 2 is 2.05 bits per heavy atom. The summed E-state index contributed by atoms with van der Waals surface area (Å²) in [5, 5.41) is 13.2. The van der Waals surface area contributed by atoms with Crippen molar-refractivity contribution in [2.24, 2.45) is 11.7 Å². The summed E-state index contributed by atoms with van der Waals surface area (Å²) in [6, 6.07) is 0. The van der Waals surface area contributed by atoms with E-state index >= 15 is 0 Å². The van der Waals surface area contributed by atoms with Crippen LogP contribution in [0.25, 0.3) is 0 Å². The molecule has 2 aliphatic rings. The zero-order valence-corrected chi connectivity index (χ0v) is 11.7. The predicted molar refractivity (Wildman–Crippen MR) is 72.5 cm³/mol. The molecule has 2 unspecified atom stereocenters. The lowest BCUT2D eigenvalue weighted by Gasteiger charge is -2.35. The van der Waals surface area contributed by atoms with Gasteiger partial charge in [-0.3, -0.25) is 4.79 Å². The van der Waals surface area contributed by atoms with E-state index in [9.17, 15) is 9.90 Å². The van der Waals surface area contributed by atoms with Gasteiger partial charge in [0.15, 0.2) is 0 Å². The van der Waals surface area contributed by atoms with Gasteiger partial charge in [-0.05, 0) is 44.4 Å². The van der Waals surface area contributed by atoms with Gasteiger partial charge in [0.2, 0.25) is 5.91 Å². The number of amides is 1. The van der Waals surface area contributed by atoms with Gasteiger partial charge < -0.3 is 20.9 Å². The van der Waals surface area contributed by atoms with Gasteiger partial charge in [-0.25, -0.2) is 0 Å². The molecule has 19 heavy (non-hydrogen) atoms. The molecular formula is C14H26N2O3. The standard InChI is InChI=1S/C14H26N2O3/c1-10-4-6-14(18,7-5-10)9-16-13(17)12-3-2-11(8-15)19-12/h10-12,18H,2-9,15H2,1H3,(H,16,17). The lowest BCUT2D eigenvalue weighted by Crippen LogP contribution is -2.47. The second-order valence-electron chi connectivity index (χ2n) is 6.18.